The van der Waals surface area contributed by atoms with Gasteiger partial charge in [-0.25, -0.2) is 0 Å². The Morgan fingerprint density at radius 1 is 0.971 bits per heavy atom. The van der Waals surface area contributed by atoms with E-state index in [0.717, 1.165) is 32.3 Å². The first-order valence-corrected chi connectivity index (χ1v) is 11.7. The van der Waals surface area contributed by atoms with Crippen LogP contribution in [0.3, 0.4) is 0 Å². The highest BCUT2D eigenvalue weighted by Crippen LogP contribution is 2.39. The maximum Gasteiger partial charge on any atom is 0.175 e. The molecule has 170 valence electrons. The molecule has 0 aliphatic rings. The van der Waals surface area contributed by atoms with Gasteiger partial charge in [-0.1, -0.05) is 42.5 Å². The van der Waals surface area contributed by atoms with Crippen molar-refractivity contribution in [3.63, 3.8) is 0 Å². The number of rotatable bonds is 8. The smallest absolute Gasteiger partial charge is 0.175 e. The third kappa shape index (κ3) is 5.24. The van der Waals surface area contributed by atoms with E-state index >= 15 is 0 Å². The van der Waals surface area contributed by atoms with Gasteiger partial charge in [-0.3, -0.25) is 0 Å². The molecule has 0 aliphatic heterocycles. The van der Waals surface area contributed by atoms with Crippen molar-refractivity contribution in [3.8, 4) is 23.3 Å². The summed E-state index contributed by atoms with van der Waals surface area (Å²) in [6.07, 6.45) is 1.84. The van der Waals surface area contributed by atoms with Crippen molar-refractivity contribution in [1.29, 1.82) is 5.26 Å². The van der Waals surface area contributed by atoms with E-state index in [1.54, 1.807) is 7.11 Å². The summed E-state index contributed by atoms with van der Waals surface area (Å²) in [4.78, 5) is 0. The Bertz CT molecular complexity index is 1370. The van der Waals surface area contributed by atoms with Crippen LogP contribution >= 0.6 is 15.9 Å². The lowest BCUT2D eigenvalue weighted by Gasteiger charge is -2.16. The van der Waals surface area contributed by atoms with Crippen LogP contribution in [0.25, 0.3) is 22.4 Å². The highest BCUT2D eigenvalue weighted by atomic mass is 79.9. The third-order valence-electron chi connectivity index (χ3n) is 5.42. The molecule has 0 fully saturated rings. The van der Waals surface area contributed by atoms with Crippen molar-refractivity contribution in [1.82, 2.24) is 0 Å². The minimum absolute atomic E-state index is 0.407. The molecule has 0 saturated carbocycles. The Hall–Kier alpha value is -3.75. The van der Waals surface area contributed by atoms with E-state index in [2.05, 4.69) is 46.3 Å². The van der Waals surface area contributed by atoms with Gasteiger partial charge in [-0.15, -0.1) is 0 Å². The topological polar surface area (TPSA) is 51.5 Å². The van der Waals surface area contributed by atoms with Crippen molar-refractivity contribution in [2.45, 2.75) is 13.5 Å². The Morgan fingerprint density at radius 3 is 2.47 bits per heavy atom. The molecule has 0 spiro atoms. The quantitative estimate of drug-likeness (QED) is 0.179. The minimum Gasteiger partial charge on any atom is -0.497 e. The zero-order chi connectivity index (χ0) is 23.9. The zero-order valence-corrected chi connectivity index (χ0v) is 20.6. The largest absolute Gasteiger partial charge is 0.497 e. The molecule has 0 atom stereocenters. The number of methoxy groups -OCH3 is 1. The predicted octanol–water partition coefficient (Wildman–Crippen LogP) is 7.65. The number of ether oxygens (including phenoxy) is 3. The van der Waals surface area contributed by atoms with Gasteiger partial charge in [-0.2, -0.15) is 5.26 Å². The summed E-state index contributed by atoms with van der Waals surface area (Å²) in [5.41, 5.74) is 3.29. The van der Waals surface area contributed by atoms with Crippen molar-refractivity contribution in [2.24, 2.45) is 0 Å². The lowest BCUT2D eigenvalue weighted by atomic mass is 10.0. The fourth-order valence-corrected chi connectivity index (χ4v) is 4.33. The number of nitrogens with zero attached hydrogens (tertiary/aromatic N) is 1. The fraction of sp³-hybridized carbons (Fsp3) is 0.138. The molecule has 0 unspecified atom stereocenters. The predicted molar refractivity (Wildman–Crippen MR) is 140 cm³/mol. The molecule has 0 amide bonds. The molecular weight excluding hydrogens is 490 g/mol. The Kier molecular flexibility index (Phi) is 7.51. The summed E-state index contributed by atoms with van der Waals surface area (Å²) in [6.45, 7) is 2.83. The van der Waals surface area contributed by atoms with Gasteiger partial charge in [0, 0.05) is 0 Å². The second kappa shape index (κ2) is 10.9. The molecule has 0 bridgehead atoms. The number of hydrogen-bond acceptors (Lipinski definition) is 4. The monoisotopic (exact) mass is 513 g/mol. The van der Waals surface area contributed by atoms with E-state index in [0.29, 0.717) is 30.3 Å². The van der Waals surface area contributed by atoms with E-state index in [9.17, 15) is 5.26 Å². The minimum atomic E-state index is 0.407. The van der Waals surface area contributed by atoms with Gasteiger partial charge in [0.15, 0.2) is 11.5 Å². The lowest BCUT2D eigenvalue weighted by Crippen LogP contribution is -2.01. The van der Waals surface area contributed by atoms with Crippen molar-refractivity contribution < 1.29 is 14.2 Å². The van der Waals surface area contributed by atoms with Crippen LogP contribution in [0.2, 0.25) is 0 Å². The molecule has 34 heavy (non-hydrogen) atoms. The molecule has 0 aliphatic carbocycles. The van der Waals surface area contributed by atoms with Crippen LogP contribution in [0.1, 0.15) is 23.6 Å². The van der Waals surface area contributed by atoms with Crippen LogP contribution < -0.4 is 14.2 Å². The number of allylic oxidation sites excluding steroid dienone is 1. The zero-order valence-electron chi connectivity index (χ0n) is 19.0. The van der Waals surface area contributed by atoms with Gasteiger partial charge in [0.25, 0.3) is 0 Å². The Morgan fingerprint density at radius 2 is 1.74 bits per heavy atom. The van der Waals surface area contributed by atoms with E-state index in [1.807, 2.05) is 67.6 Å². The maximum absolute atomic E-state index is 9.74. The summed E-state index contributed by atoms with van der Waals surface area (Å²) in [5.74, 6) is 2.00. The second-order valence-electron chi connectivity index (χ2n) is 7.59. The summed E-state index contributed by atoms with van der Waals surface area (Å²) in [7, 11) is 1.62. The summed E-state index contributed by atoms with van der Waals surface area (Å²) < 4.78 is 18.1. The molecule has 4 aromatic carbocycles. The molecule has 0 radical (unpaired) electrons. The van der Waals surface area contributed by atoms with E-state index in [1.165, 1.54) is 5.39 Å². The standard InChI is InChI=1S/C29H24BrNO3/c1-3-33-28-17-20(15-24(18-31)21-11-13-25(32-2)14-12-21)16-27(30)29(28)34-19-23-9-6-8-22-7-4-5-10-26(22)23/h4-17H,3,19H2,1-2H3/b24-15+. The van der Waals surface area contributed by atoms with E-state index < -0.39 is 0 Å². The highest BCUT2D eigenvalue weighted by Gasteiger charge is 2.14. The third-order valence-corrected chi connectivity index (χ3v) is 6.01. The number of halogens is 1. The summed E-state index contributed by atoms with van der Waals surface area (Å²) in [5, 5.41) is 12.1. The molecule has 0 aromatic heterocycles. The van der Waals surface area contributed by atoms with Gasteiger partial charge in [-0.05, 0) is 92.8 Å². The second-order valence-corrected chi connectivity index (χ2v) is 8.44. The summed E-state index contributed by atoms with van der Waals surface area (Å²) >= 11 is 3.64. The molecular formula is C29H24BrNO3. The SMILES string of the molecule is CCOc1cc(/C=C(\C#N)c2ccc(OC)cc2)cc(Br)c1OCc1cccc2ccccc12. The van der Waals surface area contributed by atoms with Gasteiger partial charge in [0.1, 0.15) is 12.4 Å². The average molecular weight is 514 g/mol. The number of nitriles is 1. The molecule has 4 rings (SSSR count). The molecule has 5 heteroatoms. The first kappa shape index (κ1) is 23.4. The fourth-order valence-electron chi connectivity index (χ4n) is 3.76. The van der Waals surface area contributed by atoms with E-state index in [-0.39, 0.29) is 0 Å². The molecule has 0 heterocycles. The molecule has 4 nitrogen and oxygen atoms in total. The normalized spacial score (nSPS) is 11.2. The number of benzene rings is 4. The van der Waals surface area contributed by atoms with Crippen molar-refractivity contribution in [2.75, 3.05) is 13.7 Å². The van der Waals surface area contributed by atoms with Gasteiger partial charge >= 0.3 is 0 Å². The van der Waals surface area contributed by atoms with Gasteiger partial charge < -0.3 is 14.2 Å². The lowest BCUT2D eigenvalue weighted by molar-refractivity contribution is 0.268. The van der Waals surface area contributed by atoms with Gasteiger partial charge in [0.2, 0.25) is 0 Å². The van der Waals surface area contributed by atoms with Gasteiger partial charge in [0.05, 0.1) is 29.8 Å². The van der Waals surface area contributed by atoms with Crippen molar-refractivity contribution in [3.05, 3.63) is 100 Å². The number of fused-ring (bicyclic) bond motifs is 1. The first-order chi connectivity index (χ1) is 16.6. The van der Waals surface area contributed by atoms with Crippen LogP contribution in [-0.4, -0.2) is 13.7 Å². The molecule has 4 aromatic rings. The maximum atomic E-state index is 9.74. The Labute approximate surface area is 208 Å². The van der Waals surface area contributed by atoms with Crippen LogP contribution in [0.4, 0.5) is 0 Å². The van der Waals surface area contributed by atoms with Crippen LogP contribution in [-0.2, 0) is 6.61 Å². The molecule has 0 saturated heterocycles. The summed E-state index contributed by atoms with van der Waals surface area (Å²) in [6, 6.07) is 28.0. The Balaban J connectivity index is 1.64. The average Bonchev–Trinajstić information content (AvgIpc) is 2.87. The van der Waals surface area contributed by atoms with Crippen LogP contribution in [0.5, 0.6) is 17.2 Å². The van der Waals surface area contributed by atoms with Crippen LogP contribution in [0, 0.1) is 11.3 Å². The molecule has 0 N–H and O–H groups in total. The van der Waals surface area contributed by atoms with Crippen molar-refractivity contribution >= 4 is 38.4 Å². The number of hydrogen-bond donors (Lipinski definition) is 0. The van der Waals surface area contributed by atoms with E-state index in [4.69, 9.17) is 14.2 Å². The van der Waals surface area contributed by atoms with Crippen LogP contribution in [0.15, 0.2) is 83.3 Å². The first-order valence-electron chi connectivity index (χ1n) is 10.9. The highest BCUT2D eigenvalue weighted by molar-refractivity contribution is 9.10.